The van der Waals surface area contributed by atoms with Gasteiger partial charge in [-0.1, -0.05) is 41.4 Å². The predicted molar refractivity (Wildman–Crippen MR) is 108 cm³/mol. The first kappa shape index (κ1) is 21.6. The van der Waals surface area contributed by atoms with E-state index >= 15 is 0 Å². The molecular weight excluding hydrogens is 456 g/mol. The van der Waals surface area contributed by atoms with Crippen LogP contribution in [0, 0.1) is 0 Å². The van der Waals surface area contributed by atoms with E-state index in [1.807, 2.05) is 18.2 Å². The third-order valence-corrected chi connectivity index (χ3v) is 5.67. The molecule has 1 N–H and O–H groups in total. The molecule has 0 radical (unpaired) electrons. The van der Waals surface area contributed by atoms with E-state index < -0.39 is 28.8 Å². The number of alkyl halides is 3. The lowest BCUT2D eigenvalue weighted by molar-refractivity contribution is -0.141. The number of rotatable bonds is 6. The minimum absolute atomic E-state index is 0.0196. The summed E-state index contributed by atoms with van der Waals surface area (Å²) in [6.45, 7) is 1.79. The Bertz CT molecular complexity index is 1120. The molecule has 31 heavy (non-hydrogen) atoms. The van der Waals surface area contributed by atoms with E-state index in [2.05, 4.69) is 20.5 Å². The zero-order valence-electron chi connectivity index (χ0n) is 16.2. The van der Waals surface area contributed by atoms with Gasteiger partial charge in [0, 0.05) is 10.9 Å². The summed E-state index contributed by atoms with van der Waals surface area (Å²) in [5, 5.41) is 10.4. The highest BCUT2D eigenvalue weighted by Gasteiger charge is 2.43. The third-order valence-electron chi connectivity index (χ3n) is 4.93. The number of carbonyl (C=O) groups is 1. The maximum Gasteiger partial charge on any atom is 0.436 e. The molecule has 1 atom stereocenters. The summed E-state index contributed by atoms with van der Waals surface area (Å²) in [7, 11) is 0. The molecule has 164 valence electrons. The van der Waals surface area contributed by atoms with Crippen LogP contribution in [0.15, 0.2) is 30.6 Å². The van der Waals surface area contributed by atoms with E-state index in [0.717, 1.165) is 10.2 Å². The van der Waals surface area contributed by atoms with Gasteiger partial charge < -0.3 is 0 Å². The number of anilines is 1. The second kappa shape index (κ2) is 8.16. The molecule has 7 nitrogen and oxygen atoms in total. The van der Waals surface area contributed by atoms with Crippen molar-refractivity contribution in [3.8, 4) is 0 Å². The summed E-state index contributed by atoms with van der Waals surface area (Å²) < 4.78 is 42.3. The highest BCUT2D eigenvalue weighted by Crippen LogP contribution is 2.47. The number of aromatic nitrogens is 5. The van der Waals surface area contributed by atoms with E-state index in [9.17, 15) is 18.0 Å². The first-order valence-electron chi connectivity index (χ1n) is 9.44. The number of hydrogen-bond acceptors (Lipinski definition) is 4. The number of carbonyl (C=O) groups excluding carboxylic acids is 1. The van der Waals surface area contributed by atoms with Crippen LogP contribution >= 0.6 is 23.2 Å². The van der Waals surface area contributed by atoms with Gasteiger partial charge >= 0.3 is 6.18 Å². The molecule has 1 aromatic carbocycles. The van der Waals surface area contributed by atoms with Crippen molar-refractivity contribution in [1.82, 2.24) is 24.5 Å². The molecule has 1 aliphatic carbocycles. The molecule has 1 amide bonds. The summed E-state index contributed by atoms with van der Waals surface area (Å²) in [6.07, 6.45) is -1.89. The Labute approximate surface area is 185 Å². The SMILES string of the molecule is CC(C(=O)Nc1ncn(Cc2ccccc2Cl)n1)n1nc(C(F)(F)F)c(Cl)c1C1CC1. The Balaban J connectivity index is 1.51. The van der Waals surface area contributed by atoms with Crippen molar-refractivity contribution in [1.29, 1.82) is 0 Å². The highest BCUT2D eigenvalue weighted by atomic mass is 35.5. The molecule has 0 saturated heterocycles. The lowest BCUT2D eigenvalue weighted by atomic mass is 10.2. The highest BCUT2D eigenvalue weighted by molar-refractivity contribution is 6.32. The van der Waals surface area contributed by atoms with Crippen molar-refractivity contribution in [3.63, 3.8) is 0 Å². The molecule has 0 bridgehead atoms. The molecule has 0 spiro atoms. The quantitative estimate of drug-likeness (QED) is 0.551. The molecule has 0 aliphatic heterocycles. The van der Waals surface area contributed by atoms with Crippen LogP contribution in [0.5, 0.6) is 0 Å². The normalized spacial score (nSPS) is 15.2. The number of hydrogen-bond donors (Lipinski definition) is 1. The summed E-state index contributed by atoms with van der Waals surface area (Å²) in [5.41, 5.74) is -0.132. The molecule has 1 aliphatic rings. The maximum atomic E-state index is 13.3. The lowest BCUT2D eigenvalue weighted by Crippen LogP contribution is -2.26. The first-order chi connectivity index (χ1) is 14.6. The number of halogens is 5. The summed E-state index contributed by atoms with van der Waals surface area (Å²) in [6, 6.07) is 6.19. The van der Waals surface area contributed by atoms with E-state index in [1.165, 1.54) is 17.9 Å². The average molecular weight is 473 g/mol. The maximum absolute atomic E-state index is 13.3. The number of nitrogens with one attached hydrogen (secondary N) is 1. The van der Waals surface area contributed by atoms with Crippen molar-refractivity contribution in [2.45, 2.75) is 44.4 Å². The zero-order chi connectivity index (χ0) is 22.3. The molecule has 1 fully saturated rings. The molecule has 12 heteroatoms. The average Bonchev–Trinajstić information content (AvgIpc) is 3.34. The van der Waals surface area contributed by atoms with Gasteiger partial charge in [-0.15, -0.1) is 5.10 Å². The Morgan fingerprint density at radius 3 is 2.61 bits per heavy atom. The van der Waals surface area contributed by atoms with Gasteiger partial charge in [-0.2, -0.15) is 18.3 Å². The number of benzene rings is 1. The second-order valence-electron chi connectivity index (χ2n) is 7.29. The van der Waals surface area contributed by atoms with Gasteiger partial charge in [-0.25, -0.2) is 9.67 Å². The van der Waals surface area contributed by atoms with Crippen molar-refractivity contribution in [3.05, 3.63) is 57.6 Å². The Kier molecular flexibility index (Phi) is 5.69. The molecule has 3 aromatic rings. The van der Waals surface area contributed by atoms with Crippen molar-refractivity contribution in [2.24, 2.45) is 0 Å². The molecule has 4 rings (SSSR count). The van der Waals surface area contributed by atoms with Crippen LogP contribution in [0.4, 0.5) is 19.1 Å². The van der Waals surface area contributed by atoms with Crippen LogP contribution in [0.1, 0.15) is 48.7 Å². The van der Waals surface area contributed by atoms with E-state index in [0.29, 0.717) is 24.4 Å². The van der Waals surface area contributed by atoms with Gasteiger partial charge in [0.25, 0.3) is 5.91 Å². The van der Waals surface area contributed by atoms with Crippen LogP contribution in [0.25, 0.3) is 0 Å². The van der Waals surface area contributed by atoms with Gasteiger partial charge in [0.05, 0.1) is 17.3 Å². The smallest absolute Gasteiger partial charge is 0.291 e. The minimum Gasteiger partial charge on any atom is -0.291 e. The fourth-order valence-electron chi connectivity index (χ4n) is 3.18. The fraction of sp³-hybridized carbons (Fsp3) is 0.368. The fourth-order valence-corrected chi connectivity index (χ4v) is 3.76. The topological polar surface area (TPSA) is 77.6 Å². The van der Waals surface area contributed by atoms with Crippen molar-refractivity contribution in [2.75, 3.05) is 5.32 Å². The monoisotopic (exact) mass is 472 g/mol. The molecule has 2 heterocycles. The summed E-state index contributed by atoms with van der Waals surface area (Å²) >= 11 is 12.1. The predicted octanol–water partition coefficient (Wildman–Crippen LogP) is 4.93. The van der Waals surface area contributed by atoms with E-state index in [-0.39, 0.29) is 17.6 Å². The Morgan fingerprint density at radius 2 is 1.97 bits per heavy atom. The van der Waals surface area contributed by atoms with E-state index in [1.54, 1.807) is 6.07 Å². The number of amides is 1. The van der Waals surface area contributed by atoms with Crippen LogP contribution < -0.4 is 5.32 Å². The van der Waals surface area contributed by atoms with Gasteiger partial charge in [0.2, 0.25) is 5.95 Å². The number of nitrogens with zero attached hydrogens (tertiary/aromatic N) is 5. The van der Waals surface area contributed by atoms with Crippen LogP contribution in [-0.2, 0) is 17.5 Å². The summed E-state index contributed by atoms with van der Waals surface area (Å²) in [4.78, 5) is 16.7. The van der Waals surface area contributed by atoms with Crippen LogP contribution in [0.2, 0.25) is 10.0 Å². The van der Waals surface area contributed by atoms with E-state index in [4.69, 9.17) is 23.2 Å². The Hall–Kier alpha value is -2.59. The van der Waals surface area contributed by atoms with Gasteiger partial charge in [-0.05, 0) is 31.4 Å². The van der Waals surface area contributed by atoms with Crippen molar-refractivity contribution >= 4 is 35.1 Å². The van der Waals surface area contributed by atoms with Gasteiger partial charge in [0.1, 0.15) is 12.4 Å². The van der Waals surface area contributed by atoms with Gasteiger partial charge in [0.15, 0.2) is 5.69 Å². The largest absolute Gasteiger partial charge is 0.436 e. The minimum atomic E-state index is -4.71. The molecular formula is C19H17Cl2F3N6O. The second-order valence-corrected chi connectivity index (χ2v) is 8.07. The molecule has 1 saturated carbocycles. The first-order valence-corrected chi connectivity index (χ1v) is 10.2. The molecule has 2 aromatic heterocycles. The van der Waals surface area contributed by atoms with Crippen LogP contribution in [0.3, 0.4) is 0 Å². The molecule has 1 unspecified atom stereocenters. The van der Waals surface area contributed by atoms with Crippen molar-refractivity contribution < 1.29 is 18.0 Å². The Morgan fingerprint density at radius 1 is 1.26 bits per heavy atom. The van der Waals surface area contributed by atoms with Gasteiger partial charge in [-0.3, -0.25) is 14.8 Å². The summed E-state index contributed by atoms with van der Waals surface area (Å²) in [5.74, 6) is -0.726. The standard InChI is InChI=1S/C19H17Cl2F3N6O/c1-10(30-15(11-6-7-11)14(21)16(27-30)19(22,23)24)17(31)26-18-25-9-29(28-18)8-12-4-2-3-5-13(12)20/h2-5,9-11H,6-8H2,1H3,(H,26,28,31). The third kappa shape index (κ3) is 4.54. The van der Waals surface area contributed by atoms with Crippen LogP contribution in [-0.4, -0.2) is 30.5 Å². The zero-order valence-corrected chi connectivity index (χ0v) is 17.7. The lowest BCUT2D eigenvalue weighted by Gasteiger charge is -2.14.